The van der Waals surface area contributed by atoms with Gasteiger partial charge in [0.1, 0.15) is 9.88 Å². The first-order chi connectivity index (χ1) is 11.0. The van der Waals surface area contributed by atoms with E-state index in [2.05, 4.69) is 9.46 Å². The molecule has 0 aliphatic carbocycles. The number of thiophene rings is 1. The zero-order valence-corrected chi connectivity index (χ0v) is 14.1. The number of carbonyl (C=O) groups is 1. The molecule has 0 unspecified atom stereocenters. The van der Waals surface area contributed by atoms with Crippen LogP contribution in [-0.2, 0) is 20.9 Å². The number of methoxy groups -OCH3 is 1. The van der Waals surface area contributed by atoms with Crippen molar-refractivity contribution in [3.63, 3.8) is 0 Å². The number of alkyl halides is 3. The van der Waals surface area contributed by atoms with E-state index < -0.39 is 27.7 Å². The number of benzene rings is 1. The van der Waals surface area contributed by atoms with Crippen LogP contribution in [0.2, 0.25) is 0 Å². The van der Waals surface area contributed by atoms with Crippen molar-refractivity contribution >= 4 is 32.3 Å². The largest absolute Gasteiger partial charge is 0.465 e. The van der Waals surface area contributed by atoms with Gasteiger partial charge in [0.25, 0.3) is 10.0 Å². The lowest BCUT2D eigenvalue weighted by Gasteiger charge is -2.09. The van der Waals surface area contributed by atoms with E-state index in [4.69, 9.17) is 0 Å². The predicted octanol–water partition coefficient (Wildman–Crippen LogP) is 3.66. The van der Waals surface area contributed by atoms with Gasteiger partial charge in [0, 0.05) is 0 Å². The smallest absolute Gasteiger partial charge is 0.416 e. The van der Waals surface area contributed by atoms with Gasteiger partial charge in [-0.3, -0.25) is 4.72 Å². The van der Waals surface area contributed by atoms with Crippen LogP contribution in [-0.4, -0.2) is 21.5 Å². The van der Waals surface area contributed by atoms with Gasteiger partial charge in [-0.05, 0) is 42.8 Å². The second-order valence-electron chi connectivity index (χ2n) is 4.74. The number of sulfonamides is 1. The molecule has 0 bridgehead atoms. The van der Waals surface area contributed by atoms with Gasteiger partial charge < -0.3 is 4.74 Å². The Balaban J connectivity index is 2.27. The number of ether oxygens (including phenoxy) is 1. The van der Waals surface area contributed by atoms with Crippen molar-refractivity contribution in [2.75, 3.05) is 11.8 Å². The maximum absolute atomic E-state index is 12.5. The molecule has 0 spiro atoms. The Hall–Kier alpha value is -2.07. The molecular formula is C14H12F3NO4S2. The lowest BCUT2D eigenvalue weighted by molar-refractivity contribution is -0.137. The van der Waals surface area contributed by atoms with Crippen LogP contribution < -0.4 is 4.72 Å². The third-order valence-electron chi connectivity index (χ3n) is 3.02. The molecule has 24 heavy (non-hydrogen) atoms. The molecule has 0 atom stereocenters. The maximum Gasteiger partial charge on any atom is 0.416 e. The molecule has 5 nitrogen and oxygen atoms in total. The Morgan fingerprint density at radius 3 is 2.29 bits per heavy atom. The minimum atomic E-state index is -4.55. The molecule has 2 rings (SSSR count). The van der Waals surface area contributed by atoms with Crippen molar-refractivity contribution in [1.29, 1.82) is 0 Å². The molecule has 1 N–H and O–H groups in total. The van der Waals surface area contributed by atoms with E-state index in [1.54, 1.807) is 6.92 Å². The molecule has 1 heterocycles. The number of hydrogen-bond donors (Lipinski definition) is 1. The summed E-state index contributed by atoms with van der Waals surface area (Å²) in [6.07, 6.45) is -4.55. The summed E-state index contributed by atoms with van der Waals surface area (Å²) in [5.74, 6) is -0.600. The van der Waals surface area contributed by atoms with Crippen LogP contribution in [0.1, 0.15) is 20.8 Å². The van der Waals surface area contributed by atoms with Crippen LogP contribution >= 0.6 is 11.3 Å². The summed E-state index contributed by atoms with van der Waals surface area (Å²) in [6.45, 7) is 1.61. The topological polar surface area (TPSA) is 72.5 Å². The van der Waals surface area contributed by atoms with Gasteiger partial charge in [-0.2, -0.15) is 13.2 Å². The van der Waals surface area contributed by atoms with Crippen LogP contribution in [0.25, 0.3) is 0 Å². The zero-order chi connectivity index (χ0) is 18.1. The van der Waals surface area contributed by atoms with Crippen LogP contribution in [0.3, 0.4) is 0 Å². The van der Waals surface area contributed by atoms with Gasteiger partial charge in [0.2, 0.25) is 0 Å². The third-order valence-corrected chi connectivity index (χ3v) is 5.66. The quantitative estimate of drug-likeness (QED) is 0.823. The number of carbonyl (C=O) groups excluding carboxylic acids is 1. The fraction of sp³-hybridized carbons (Fsp3) is 0.214. The van der Waals surface area contributed by atoms with Crippen molar-refractivity contribution in [2.45, 2.75) is 18.0 Å². The van der Waals surface area contributed by atoms with Crippen molar-refractivity contribution in [3.05, 3.63) is 46.3 Å². The van der Waals surface area contributed by atoms with Crippen molar-refractivity contribution < 1.29 is 31.1 Å². The summed E-state index contributed by atoms with van der Waals surface area (Å²) >= 11 is 0.876. The van der Waals surface area contributed by atoms with Gasteiger partial charge in [-0.15, -0.1) is 11.3 Å². The molecule has 2 aromatic rings. The Morgan fingerprint density at radius 1 is 1.21 bits per heavy atom. The van der Waals surface area contributed by atoms with E-state index in [-0.39, 0.29) is 14.8 Å². The number of hydrogen-bond acceptors (Lipinski definition) is 5. The van der Waals surface area contributed by atoms with E-state index in [1.165, 1.54) is 13.2 Å². The molecule has 10 heteroatoms. The highest BCUT2D eigenvalue weighted by atomic mass is 32.2. The van der Waals surface area contributed by atoms with Gasteiger partial charge in [-0.25, -0.2) is 13.2 Å². The average Bonchev–Trinajstić information content (AvgIpc) is 2.85. The first-order valence-electron chi connectivity index (χ1n) is 6.43. The molecule has 0 aliphatic rings. The molecule has 0 radical (unpaired) electrons. The lowest BCUT2D eigenvalue weighted by atomic mass is 10.2. The highest BCUT2D eigenvalue weighted by molar-refractivity contribution is 7.93. The fourth-order valence-corrected chi connectivity index (χ4v) is 4.12. The lowest BCUT2D eigenvalue weighted by Crippen LogP contribution is -2.13. The molecule has 0 fully saturated rings. The number of nitrogens with one attached hydrogen (secondary N) is 1. The molecule has 130 valence electrons. The van der Waals surface area contributed by atoms with E-state index in [1.807, 2.05) is 0 Å². The highest BCUT2D eigenvalue weighted by Gasteiger charge is 2.30. The Bertz CT molecular complexity index is 855. The standard InChI is InChI=1S/C14H12F3NO4S2/c1-8-7-11(23-12(8)13(19)22-2)18-24(20,21)10-5-3-9(4-6-10)14(15,16)17/h3-7,18H,1-2H3. The molecule has 1 aromatic carbocycles. The van der Waals surface area contributed by atoms with Crippen molar-refractivity contribution in [1.82, 2.24) is 0 Å². The van der Waals surface area contributed by atoms with E-state index in [0.717, 1.165) is 23.5 Å². The minimum absolute atomic E-state index is 0.160. The van der Waals surface area contributed by atoms with Gasteiger partial charge in [0.05, 0.1) is 17.6 Å². The number of anilines is 1. The normalized spacial score (nSPS) is 12.0. The van der Waals surface area contributed by atoms with Gasteiger partial charge in [0.15, 0.2) is 0 Å². The summed E-state index contributed by atoms with van der Waals surface area (Å²) in [4.78, 5) is 11.4. The molecule has 1 aromatic heterocycles. The summed E-state index contributed by atoms with van der Waals surface area (Å²) in [6, 6.07) is 4.56. The van der Waals surface area contributed by atoms with Crippen LogP contribution in [0.15, 0.2) is 35.2 Å². The van der Waals surface area contributed by atoms with Gasteiger partial charge in [-0.1, -0.05) is 0 Å². The molecular weight excluding hydrogens is 367 g/mol. The SMILES string of the molecule is COC(=O)c1sc(NS(=O)(=O)c2ccc(C(F)(F)F)cc2)cc1C. The summed E-state index contributed by atoms with van der Waals surface area (Å²) in [5.41, 5.74) is -0.418. The minimum Gasteiger partial charge on any atom is -0.465 e. The molecule has 0 saturated carbocycles. The summed E-state index contributed by atoms with van der Waals surface area (Å²) in [7, 11) is -2.87. The summed E-state index contributed by atoms with van der Waals surface area (Å²) < 4.78 is 68.8. The number of esters is 1. The second-order valence-corrected chi connectivity index (χ2v) is 7.48. The third kappa shape index (κ3) is 3.88. The average molecular weight is 379 g/mol. The first-order valence-corrected chi connectivity index (χ1v) is 8.73. The first kappa shape index (κ1) is 18.3. The number of rotatable bonds is 4. The Labute approximate surface area is 140 Å². The van der Waals surface area contributed by atoms with E-state index in [9.17, 15) is 26.4 Å². The maximum atomic E-state index is 12.5. The summed E-state index contributed by atoms with van der Waals surface area (Å²) in [5, 5.41) is 0.160. The Morgan fingerprint density at radius 2 is 1.79 bits per heavy atom. The van der Waals surface area contributed by atoms with E-state index in [0.29, 0.717) is 17.7 Å². The zero-order valence-electron chi connectivity index (χ0n) is 12.5. The fourth-order valence-electron chi connectivity index (χ4n) is 1.84. The monoisotopic (exact) mass is 379 g/mol. The Kier molecular flexibility index (Phi) is 4.90. The second kappa shape index (κ2) is 6.44. The number of aryl methyl sites for hydroxylation is 1. The van der Waals surface area contributed by atoms with E-state index >= 15 is 0 Å². The molecule has 0 amide bonds. The highest BCUT2D eigenvalue weighted by Crippen LogP contribution is 2.31. The number of halogens is 3. The van der Waals surface area contributed by atoms with Crippen LogP contribution in [0, 0.1) is 6.92 Å². The van der Waals surface area contributed by atoms with Crippen molar-refractivity contribution in [2.24, 2.45) is 0 Å². The van der Waals surface area contributed by atoms with Crippen LogP contribution in [0.5, 0.6) is 0 Å². The predicted molar refractivity (Wildman–Crippen MR) is 82.6 cm³/mol. The van der Waals surface area contributed by atoms with Crippen LogP contribution in [0.4, 0.5) is 18.2 Å². The molecule has 0 saturated heterocycles. The van der Waals surface area contributed by atoms with Gasteiger partial charge >= 0.3 is 12.1 Å². The van der Waals surface area contributed by atoms with Crippen molar-refractivity contribution in [3.8, 4) is 0 Å². The molecule has 0 aliphatic heterocycles.